The molecule has 2 heteroatoms. The van der Waals surface area contributed by atoms with Crippen molar-refractivity contribution >= 4 is 16.7 Å². The molecular formula is C14H15NO. The summed E-state index contributed by atoms with van der Waals surface area (Å²) in [6.45, 7) is 4.18. The largest absolute Gasteiger partial charge is 0.358 e. The van der Waals surface area contributed by atoms with Crippen LogP contribution in [0.15, 0.2) is 12.1 Å². The number of carbonyl (C=O) groups is 1. The van der Waals surface area contributed by atoms with Crippen molar-refractivity contribution in [3.05, 3.63) is 34.5 Å². The third-order valence-corrected chi connectivity index (χ3v) is 3.43. The van der Waals surface area contributed by atoms with Gasteiger partial charge in [0, 0.05) is 28.6 Å². The molecule has 3 rings (SSSR count). The Balaban J connectivity index is 2.42. The van der Waals surface area contributed by atoms with Crippen LogP contribution in [-0.2, 0) is 6.42 Å². The van der Waals surface area contributed by atoms with Gasteiger partial charge >= 0.3 is 0 Å². The summed E-state index contributed by atoms with van der Waals surface area (Å²) in [5.41, 5.74) is 5.68. The van der Waals surface area contributed by atoms with Crippen LogP contribution in [0.1, 0.15) is 40.0 Å². The van der Waals surface area contributed by atoms with Gasteiger partial charge in [-0.1, -0.05) is 6.07 Å². The van der Waals surface area contributed by atoms with Crippen LogP contribution in [-0.4, -0.2) is 10.8 Å². The molecule has 1 heterocycles. The van der Waals surface area contributed by atoms with Gasteiger partial charge in [0.25, 0.3) is 0 Å². The molecule has 0 unspecified atom stereocenters. The van der Waals surface area contributed by atoms with Crippen LogP contribution < -0.4 is 0 Å². The predicted octanol–water partition coefficient (Wildman–Crippen LogP) is 3.30. The molecule has 1 aliphatic carbocycles. The number of rotatable bonds is 0. The SMILES string of the molecule is Cc1cc(C)c2c3c([nH]c2c1)CCCC3=O. The normalized spacial score (nSPS) is 15.5. The third kappa shape index (κ3) is 1.22. The Hall–Kier alpha value is -1.57. The van der Waals surface area contributed by atoms with Crippen LogP contribution in [0.2, 0.25) is 0 Å². The number of ketones is 1. The van der Waals surface area contributed by atoms with Gasteiger partial charge in [0.2, 0.25) is 0 Å². The molecule has 0 amide bonds. The molecule has 1 aliphatic rings. The van der Waals surface area contributed by atoms with Crippen molar-refractivity contribution in [2.45, 2.75) is 33.1 Å². The number of aryl methyl sites for hydroxylation is 3. The van der Waals surface area contributed by atoms with Crippen molar-refractivity contribution in [1.29, 1.82) is 0 Å². The number of hydrogen-bond acceptors (Lipinski definition) is 1. The van der Waals surface area contributed by atoms with Gasteiger partial charge in [0.15, 0.2) is 5.78 Å². The van der Waals surface area contributed by atoms with Gasteiger partial charge in [-0.2, -0.15) is 0 Å². The lowest BCUT2D eigenvalue weighted by Crippen LogP contribution is -2.09. The molecule has 2 nitrogen and oxygen atoms in total. The maximum absolute atomic E-state index is 12.0. The molecule has 1 N–H and O–H groups in total. The van der Waals surface area contributed by atoms with Crippen molar-refractivity contribution in [2.24, 2.45) is 0 Å². The van der Waals surface area contributed by atoms with E-state index in [0.29, 0.717) is 12.2 Å². The van der Waals surface area contributed by atoms with Crippen LogP contribution >= 0.6 is 0 Å². The Labute approximate surface area is 94.7 Å². The topological polar surface area (TPSA) is 32.9 Å². The Morgan fingerprint density at radius 1 is 1.19 bits per heavy atom. The minimum Gasteiger partial charge on any atom is -0.358 e. The van der Waals surface area contributed by atoms with E-state index in [1.807, 2.05) is 0 Å². The van der Waals surface area contributed by atoms with Crippen molar-refractivity contribution < 1.29 is 4.79 Å². The number of Topliss-reactive ketones (excluding diaryl/α,β-unsaturated/α-hetero) is 1. The molecule has 0 saturated heterocycles. The van der Waals surface area contributed by atoms with E-state index < -0.39 is 0 Å². The van der Waals surface area contributed by atoms with Gasteiger partial charge < -0.3 is 4.98 Å². The van der Waals surface area contributed by atoms with Crippen LogP contribution in [0, 0.1) is 13.8 Å². The van der Waals surface area contributed by atoms with E-state index >= 15 is 0 Å². The number of hydrogen-bond donors (Lipinski definition) is 1. The van der Waals surface area contributed by atoms with Gasteiger partial charge in [0.05, 0.1) is 0 Å². The predicted molar refractivity (Wildman–Crippen MR) is 65.0 cm³/mol. The van der Waals surface area contributed by atoms with Crippen LogP contribution in [0.4, 0.5) is 0 Å². The Kier molecular flexibility index (Phi) is 1.93. The van der Waals surface area contributed by atoms with Gasteiger partial charge in [-0.25, -0.2) is 0 Å². The molecule has 1 aromatic carbocycles. The first-order valence-corrected chi connectivity index (χ1v) is 5.82. The molecule has 0 saturated carbocycles. The number of aromatic amines is 1. The lowest BCUT2D eigenvalue weighted by molar-refractivity contribution is 0.0974. The number of nitrogens with one attached hydrogen (secondary N) is 1. The molecule has 0 bridgehead atoms. The van der Waals surface area contributed by atoms with Crippen LogP contribution in [0.3, 0.4) is 0 Å². The fourth-order valence-corrected chi connectivity index (χ4v) is 2.82. The number of aromatic nitrogens is 1. The number of benzene rings is 1. The zero-order chi connectivity index (χ0) is 11.3. The van der Waals surface area contributed by atoms with Crippen molar-refractivity contribution in [2.75, 3.05) is 0 Å². The molecule has 2 aromatic rings. The zero-order valence-electron chi connectivity index (χ0n) is 9.68. The summed E-state index contributed by atoms with van der Waals surface area (Å²) in [6.07, 6.45) is 2.69. The number of fused-ring (bicyclic) bond motifs is 3. The summed E-state index contributed by atoms with van der Waals surface area (Å²) in [5, 5.41) is 1.14. The van der Waals surface area contributed by atoms with Gasteiger partial charge in [-0.3, -0.25) is 4.79 Å². The Bertz CT molecular complexity index is 592. The third-order valence-electron chi connectivity index (χ3n) is 3.43. The lowest BCUT2D eigenvalue weighted by atomic mass is 9.92. The maximum atomic E-state index is 12.0. The Morgan fingerprint density at radius 3 is 2.81 bits per heavy atom. The van der Waals surface area contributed by atoms with E-state index in [2.05, 4.69) is 31.0 Å². The standard InChI is InChI=1S/C14H15NO/c1-8-6-9(2)13-11(7-8)15-10-4-3-5-12(16)14(10)13/h6-7,15H,3-5H2,1-2H3. The van der Waals surface area contributed by atoms with E-state index in [1.165, 1.54) is 11.1 Å². The molecule has 82 valence electrons. The second-order valence-electron chi connectivity index (χ2n) is 4.76. The first-order chi connectivity index (χ1) is 7.66. The number of H-pyrrole nitrogens is 1. The van der Waals surface area contributed by atoms with Crippen LogP contribution in [0.5, 0.6) is 0 Å². The van der Waals surface area contributed by atoms with Crippen LogP contribution in [0.25, 0.3) is 10.9 Å². The lowest BCUT2D eigenvalue weighted by Gasteiger charge is -2.10. The zero-order valence-corrected chi connectivity index (χ0v) is 9.68. The fraction of sp³-hybridized carbons (Fsp3) is 0.357. The minimum absolute atomic E-state index is 0.305. The molecule has 0 atom stereocenters. The second-order valence-corrected chi connectivity index (χ2v) is 4.76. The summed E-state index contributed by atoms with van der Waals surface area (Å²) in [7, 11) is 0. The summed E-state index contributed by atoms with van der Waals surface area (Å²) in [4.78, 5) is 15.4. The molecular weight excluding hydrogens is 198 g/mol. The first-order valence-electron chi connectivity index (χ1n) is 5.82. The highest BCUT2D eigenvalue weighted by Gasteiger charge is 2.23. The molecule has 0 radical (unpaired) electrons. The van der Waals surface area contributed by atoms with E-state index in [1.54, 1.807) is 0 Å². The van der Waals surface area contributed by atoms with Crippen molar-refractivity contribution in [3.8, 4) is 0 Å². The molecule has 0 fully saturated rings. The highest BCUT2D eigenvalue weighted by Crippen LogP contribution is 2.31. The molecule has 0 spiro atoms. The average molecular weight is 213 g/mol. The van der Waals surface area contributed by atoms with Crippen molar-refractivity contribution in [1.82, 2.24) is 4.98 Å². The van der Waals surface area contributed by atoms with E-state index in [9.17, 15) is 4.79 Å². The molecule has 1 aromatic heterocycles. The molecule has 0 aliphatic heterocycles. The highest BCUT2D eigenvalue weighted by molar-refractivity contribution is 6.11. The summed E-state index contributed by atoms with van der Waals surface area (Å²) >= 11 is 0. The van der Waals surface area contributed by atoms with Gasteiger partial charge in [-0.05, 0) is 43.9 Å². The first kappa shape index (κ1) is 9.64. The minimum atomic E-state index is 0.305. The number of carbonyl (C=O) groups excluding carboxylic acids is 1. The summed E-state index contributed by atoms with van der Waals surface area (Å²) in [5.74, 6) is 0.305. The average Bonchev–Trinajstić information content (AvgIpc) is 2.56. The smallest absolute Gasteiger partial charge is 0.165 e. The second kappa shape index (κ2) is 3.21. The maximum Gasteiger partial charge on any atom is 0.165 e. The summed E-state index contributed by atoms with van der Waals surface area (Å²) < 4.78 is 0. The summed E-state index contributed by atoms with van der Waals surface area (Å²) in [6, 6.07) is 4.28. The highest BCUT2D eigenvalue weighted by atomic mass is 16.1. The monoisotopic (exact) mass is 213 g/mol. The fourth-order valence-electron chi connectivity index (χ4n) is 2.82. The van der Waals surface area contributed by atoms with Gasteiger partial charge in [0.1, 0.15) is 0 Å². The Morgan fingerprint density at radius 2 is 2.00 bits per heavy atom. The van der Waals surface area contributed by atoms with E-state index in [0.717, 1.165) is 35.0 Å². The molecule has 16 heavy (non-hydrogen) atoms. The van der Waals surface area contributed by atoms with E-state index in [-0.39, 0.29) is 0 Å². The van der Waals surface area contributed by atoms with Crippen molar-refractivity contribution in [3.63, 3.8) is 0 Å². The van der Waals surface area contributed by atoms with Gasteiger partial charge in [-0.15, -0.1) is 0 Å². The quantitative estimate of drug-likeness (QED) is 0.715. The van der Waals surface area contributed by atoms with E-state index in [4.69, 9.17) is 0 Å².